The van der Waals surface area contributed by atoms with Gasteiger partial charge in [-0.2, -0.15) is 5.26 Å². The van der Waals surface area contributed by atoms with Crippen molar-refractivity contribution in [3.63, 3.8) is 0 Å². The molecule has 1 aliphatic rings. The molecule has 0 spiro atoms. The van der Waals surface area contributed by atoms with Crippen LogP contribution in [-0.2, 0) is 0 Å². The average Bonchev–Trinajstić information content (AvgIpc) is 2.09. The van der Waals surface area contributed by atoms with E-state index in [0.717, 1.165) is 6.42 Å². The van der Waals surface area contributed by atoms with Crippen LogP contribution in [0.25, 0.3) is 0 Å². The van der Waals surface area contributed by atoms with Gasteiger partial charge < -0.3 is 0 Å². The van der Waals surface area contributed by atoms with Crippen LogP contribution in [0.4, 0.5) is 0 Å². The third-order valence-electron chi connectivity index (χ3n) is 2.57. The lowest BCUT2D eigenvalue weighted by Gasteiger charge is -2.30. The van der Waals surface area contributed by atoms with Gasteiger partial charge in [-0.05, 0) is 18.3 Å². The minimum absolute atomic E-state index is 0.368. The first-order valence-electron chi connectivity index (χ1n) is 5.14. The van der Waals surface area contributed by atoms with E-state index in [9.17, 15) is 0 Å². The molecule has 12 heavy (non-hydrogen) atoms. The summed E-state index contributed by atoms with van der Waals surface area (Å²) in [4.78, 5) is 0. The molecule has 0 aromatic heterocycles. The summed E-state index contributed by atoms with van der Waals surface area (Å²) in [6.45, 7) is 6.25. The van der Waals surface area contributed by atoms with Crippen LogP contribution in [0.3, 0.4) is 0 Å². The van der Waals surface area contributed by atoms with Gasteiger partial charge >= 0.3 is 0 Å². The Balaban J connectivity index is 0.000000561. The first kappa shape index (κ1) is 11.5. The van der Waals surface area contributed by atoms with Gasteiger partial charge in [0.2, 0.25) is 0 Å². The number of hydrogen-bond donors (Lipinski definition) is 0. The van der Waals surface area contributed by atoms with Crippen molar-refractivity contribution in [1.82, 2.24) is 0 Å². The molecule has 0 aromatic rings. The molecule has 70 valence electrons. The van der Waals surface area contributed by atoms with Crippen molar-refractivity contribution in [2.24, 2.45) is 5.41 Å². The molecule has 0 amide bonds. The van der Waals surface area contributed by atoms with Gasteiger partial charge in [0.05, 0.1) is 6.07 Å². The van der Waals surface area contributed by atoms with Gasteiger partial charge in [-0.25, -0.2) is 0 Å². The quantitative estimate of drug-likeness (QED) is 0.581. The predicted molar refractivity (Wildman–Crippen MR) is 52.8 cm³/mol. The molecule has 0 atom stereocenters. The lowest BCUT2D eigenvalue weighted by atomic mass is 9.74. The van der Waals surface area contributed by atoms with Crippen molar-refractivity contribution in [2.45, 2.75) is 59.3 Å². The van der Waals surface area contributed by atoms with E-state index < -0.39 is 0 Å². The predicted octanol–water partition coefficient (Wildman–Crippen LogP) is 3.90. The lowest BCUT2D eigenvalue weighted by Crippen LogP contribution is -2.18. The molecule has 1 aliphatic carbocycles. The summed E-state index contributed by atoms with van der Waals surface area (Å²) in [5.41, 5.74) is 0.368. The number of nitriles is 1. The topological polar surface area (TPSA) is 23.8 Å². The van der Waals surface area contributed by atoms with Crippen LogP contribution in [0.5, 0.6) is 0 Å². The minimum Gasteiger partial charge on any atom is -0.198 e. The Bertz CT molecular complexity index is 138. The summed E-state index contributed by atoms with van der Waals surface area (Å²) in [6, 6.07) is 2.28. The van der Waals surface area contributed by atoms with Crippen LogP contribution in [0.1, 0.15) is 59.3 Å². The van der Waals surface area contributed by atoms with Gasteiger partial charge in [0, 0.05) is 6.42 Å². The van der Waals surface area contributed by atoms with Crippen molar-refractivity contribution in [3.05, 3.63) is 0 Å². The molecule has 1 heteroatoms. The fourth-order valence-corrected chi connectivity index (χ4v) is 1.77. The summed E-state index contributed by atoms with van der Waals surface area (Å²) in [7, 11) is 0. The highest BCUT2D eigenvalue weighted by molar-refractivity contribution is 4.87. The second kappa shape index (κ2) is 6.06. The molecule has 0 saturated heterocycles. The number of rotatable bonds is 1. The normalized spacial score (nSPS) is 20.2. The maximum Gasteiger partial charge on any atom is 0.0627 e. The van der Waals surface area contributed by atoms with E-state index in [-0.39, 0.29) is 0 Å². The molecule has 0 heterocycles. The first-order chi connectivity index (χ1) is 5.77. The Kier molecular flexibility index (Phi) is 5.80. The summed E-state index contributed by atoms with van der Waals surface area (Å²) in [5.74, 6) is 0. The summed E-state index contributed by atoms with van der Waals surface area (Å²) in [5, 5.41) is 8.53. The highest BCUT2D eigenvalue weighted by Gasteiger charge is 2.25. The van der Waals surface area contributed by atoms with Crippen molar-refractivity contribution in [1.29, 1.82) is 5.26 Å². The molecule has 0 N–H and O–H groups in total. The lowest BCUT2D eigenvalue weighted by molar-refractivity contribution is 0.222. The van der Waals surface area contributed by atoms with Crippen LogP contribution in [0, 0.1) is 16.7 Å². The van der Waals surface area contributed by atoms with Crippen LogP contribution in [0.2, 0.25) is 0 Å². The van der Waals surface area contributed by atoms with Gasteiger partial charge in [0.1, 0.15) is 0 Å². The van der Waals surface area contributed by atoms with Crippen molar-refractivity contribution in [2.75, 3.05) is 0 Å². The Hall–Kier alpha value is -0.510. The monoisotopic (exact) mass is 167 g/mol. The molecule has 1 rings (SSSR count). The Morgan fingerprint density at radius 3 is 2.08 bits per heavy atom. The van der Waals surface area contributed by atoms with E-state index in [1.54, 1.807) is 0 Å². The van der Waals surface area contributed by atoms with Crippen LogP contribution in [0.15, 0.2) is 0 Å². The van der Waals surface area contributed by atoms with Crippen LogP contribution >= 0.6 is 0 Å². The first-order valence-corrected chi connectivity index (χ1v) is 5.14. The van der Waals surface area contributed by atoms with E-state index in [0.29, 0.717) is 5.41 Å². The van der Waals surface area contributed by atoms with Gasteiger partial charge in [-0.3, -0.25) is 0 Å². The maximum absolute atomic E-state index is 8.53. The zero-order chi connectivity index (χ0) is 9.45. The molecule has 1 saturated carbocycles. The molecule has 0 aliphatic heterocycles. The van der Waals surface area contributed by atoms with E-state index in [1.807, 2.05) is 13.8 Å². The summed E-state index contributed by atoms with van der Waals surface area (Å²) >= 11 is 0. The maximum atomic E-state index is 8.53. The fourth-order valence-electron chi connectivity index (χ4n) is 1.77. The molecule has 0 bridgehead atoms. The minimum atomic E-state index is 0.368. The van der Waals surface area contributed by atoms with Crippen molar-refractivity contribution in [3.8, 4) is 6.07 Å². The fraction of sp³-hybridized carbons (Fsp3) is 0.909. The van der Waals surface area contributed by atoms with Crippen LogP contribution < -0.4 is 0 Å². The summed E-state index contributed by atoms with van der Waals surface area (Å²) < 4.78 is 0. The smallest absolute Gasteiger partial charge is 0.0627 e. The zero-order valence-corrected chi connectivity index (χ0v) is 8.69. The van der Waals surface area contributed by atoms with Gasteiger partial charge in [0.15, 0.2) is 0 Å². The molecular formula is C11H21N. The second-order valence-corrected chi connectivity index (χ2v) is 3.71. The highest BCUT2D eigenvalue weighted by atomic mass is 14.3. The summed E-state index contributed by atoms with van der Waals surface area (Å²) in [6.07, 6.45) is 7.32. The van der Waals surface area contributed by atoms with Crippen molar-refractivity contribution < 1.29 is 0 Å². The molecule has 0 unspecified atom stereocenters. The molecule has 1 fully saturated rings. The highest BCUT2D eigenvalue weighted by Crippen LogP contribution is 2.38. The largest absolute Gasteiger partial charge is 0.198 e. The Morgan fingerprint density at radius 1 is 1.17 bits per heavy atom. The third-order valence-corrected chi connectivity index (χ3v) is 2.57. The van der Waals surface area contributed by atoms with E-state index >= 15 is 0 Å². The molecule has 1 nitrogen and oxygen atoms in total. The molecule has 0 radical (unpaired) electrons. The third kappa shape index (κ3) is 3.76. The van der Waals surface area contributed by atoms with Gasteiger partial charge in [-0.15, -0.1) is 0 Å². The number of hydrogen-bond acceptors (Lipinski definition) is 1. The van der Waals surface area contributed by atoms with Crippen molar-refractivity contribution >= 4 is 0 Å². The zero-order valence-electron chi connectivity index (χ0n) is 8.69. The van der Waals surface area contributed by atoms with E-state index in [2.05, 4.69) is 13.0 Å². The van der Waals surface area contributed by atoms with E-state index in [4.69, 9.17) is 5.26 Å². The SMILES string of the molecule is CC.CC1(CC#N)CCCCC1. The van der Waals surface area contributed by atoms with E-state index in [1.165, 1.54) is 32.1 Å². The average molecular weight is 167 g/mol. The second-order valence-electron chi connectivity index (χ2n) is 3.71. The Morgan fingerprint density at radius 2 is 1.67 bits per heavy atom. The number of nitrogens with zero attached hydrogens (tertiary/aromatic N) is 1. The van der Waals surface area contributed by atoms with Gasteiger partial charge in [-0.1, -0.05) is 40.0 Å². The molecule has 0 aromatic carbocycles. The van der Waals surface area contributed by atoms with Gasteiger partial charge in [0.25, 0.3) is 0 Å². The Labute approximate surface area is 76.8 Å². The standard InChI is InChI=1S/C9H15N.C2H6/c1-9(7-8-10)5-3-2-4-6-9;1-2/h2-7H2,1H3;1-2H3. The van der Waals surface area contributed by atoms with Crippen LogP contribution in [-0.4, -0.2) is 0 Å². The molecular weight excluding hydrogens is 146 g/mol.